The average molecular weight is 349 g/mol. The van der Waals surface area contributed by atoms with Gasteiger partial charge < -0.3 is 0 Å². The van der Waals surface area contributed by atoms with Gasteiger partial charge in [0.2, 0.25) is 0 Å². The molecule has 1 atom stereocenters. The third-order valence-corrected chi connectivity index (χ3v) is 5.20. The van der Waals surface area contributed by atoms with Crippen LogP contribution in [-0.2, 0) is 13.0 Å². The number of halogens is 2. The van der Waals surface area contributed by atoms with Gasteiger partial charge in [-0.05, 0) is 36.3 Å². The summed E-state index contributed by atoms with van der Waals surface area (Å²) in [7, 11) is 0. The molecule has 1 spiro atoms. The van der Waals surface area contributed by atoms with Gasteiger partial charge in [-0.2, -0.15) is 0 Å². The Labute approximate surface area is 147 Å². The number of pyridine rings is 1. The summed E-state index contributed by atoms with van der Waals surface area (Å²) >= 11 is 0. The Bertz CT molecular complexity index is 1170. The summed E-state index contributed by atoms with van der Waals surface area (Å²) in [5.41, 5.74) is 0.478. The average Bonchev–Trinajstić information content (AvgIpc) is 2.97. The molecule has 3 heterocycles. The molecule has 0 N–H and O–H groups in total. The van der Waals surface area contributed by atoms with Crippen LogP contribution < -0.4 is 5.56 Å². The van der Waals surface area contributed by atoms with E-state index in [1.807, 2.05) is 12.1 Å². The molecule has 1 aliphatic carbocycles. The third kappa shape index (κ3) is 2.17. The Morgan fingerprint density at radius 2 is 2.00 bits per heavy atom. The van der Waals surface area contributed by atoms with E-state index in [-0.39, 0.29) is 24.9 Å². The molecular formula is C20H13F2N3O. The molecule has 0 saturated heterocycles. The van der Waals surface area contributed by atoms with Crippen LogP contribution in [0.1, 0.15) is 23.5 Å². The first-order chi connectivity index (χ1) is 12.5. The van der Waals surface area contributed by atoms with E-state index in [4.69, 9.17) is 0 Å². The summed E-state index contributed by atoms with van der Waals surface area (Å²) in [6.45, 7) is 0.0539. The lowest BCUT2D eigenvalue weighted by atomic mass is 10.1. The predicted octanol–water partition coefficient (Wildman–Crippen LogP) is 2.77. The van der Waals surface area contributed by atoms with E-state index in [0.717, 1.165) is 0 Å². The number of benzene rings is 1. The van der Waals surface area contributed by atoms with Gasteiger partial charge in [0.1, 0.15) is 11.5 Å². The van der Waals surface area contributed by atoms with Gasteiger partial charge in [-0.1, -0.05) is 12.0 Å². The molecule has 0 amide bonds. The SMILES string of the molecule is O=c1c2ccc(C#Cc3ccccn3)cc2nc2n1CC1(C2)CC1(F)F. The van der Waals surface area contributed by atoms with Crippen LogP contribution in [0.5, 0.6) is 0 Å². The van der Waals surface area contributed by atoms with Crippen molar-refractivity contribution in [2.45, 2.75) is 25.3 Å². The maximum Gasteiger partial charge on any atom is 0.261 e. The number of rotatable bonds is 0. The summed E-state index contributed by atoms with van der Waals surface area (Å²) in [4.78, 5) is 21.3. The lowest BCUT2D eigenvalue weighted by Gasteiger charge is -2.05. The summed E-state index contributed by atoms with van der Waals surface area (Å²) in [5, 5.41) is 0.429. The molecule has 1 saturated carbocycles. The number of fused-ring (bicyclic) bond motifs is 2. The standard InChI is InChI=1S/C20H13F2N3O/c21-20(22)11-19(20)10-17-24-16-9-13(4-6-14-3-1-2-8-23-14)5-7-15(16)18(26)25(17)12-19/h1-3,5,7-9H,10-12H2. The maximum atomic E-state index is 13.7. The molecule has 1 aliphatic heterocycles. The smallest absolute Gasteiger partial charge is 0.261 e. The second kappa shape index (κ2) is 4.98. The number of alkyl halides is 2. The lowest BCUT2D eigenvalue weighted by molar-refractivity contribution is 0.0636. The summed E-state index contributed by atoms with van der Waals surface area (Å²) in [5.74, 6) is 3.70. The molecule has 0 radical (unpaired) electrons. The topological polar surface area (TPSA) is 47.8 Å². The van der Waals surface area contributed by atoms with Crippen LogP contribution in [0.2, 0.25) is 0 Å². The minimum Gasteiger partial charge on any atom is -0.295 e. The Morgan fingerprint density at radius 1 is 1.15 bits per heavy atom. The highest BCUT2D eigenvalue weighted by atomic mass is 19.3. The van der Waals surface area contributed by atoms with Crippen LogP contribution in [0.4, 0.5) is 8.78 Å². The van der Waals surface area contributed by atoms with Gasteiger partial charge in [0, 0.05) is 31.1 Å². The molecular weight excluding hydrogens is 336 g/mol. The van der Waals surface area contributed by atoms with Crippen LogP contribution in [0.15, 0.2) is 47.4 Å². The first-order valence-corrected chi connectivity index (χ1v) is 8.32. The van der Waals surface area contributed by atoms with E-state index in [0.29, 0.717) is 28.0 Å². The molecule has 2 aliphatic rings. The predicted molar refractivity (Wildman–Crippen MR) is 91.9 cm³/mol. The lowest BCUT2D eigenvalue weighted by Crippen LogP contribution is -2.22. The number of hydrogen-bond donors (Lipinski definition) is 0. The Kier molecular flexibility index (Phi) is 2.91. The molecule has 3 aromatic rings. The zero-order valence-corrected chi connectivity index (χ0v) is 13.7. The van der Waals surface area contributed by atoms with Gasteiger partial charge in [0.05, 0.1) is 16.3 Å². The van der Waals surface area contributed by atoms with Crippen molar-refractivity contribution in [3.63, 3.8) is 0 Å². The fourth-order valence-electron chi connectivity index (χ4n) is 3.62. The summed E-state index contributed by atoms with van der Waals surface area (Å²) in [6.07, 6.45) is 1.65. The van der Waals surface area contributed by atoms with E-state index < -0.39 is 11.3 Å². The highest BCUT2D eigenvalue weighted by molar-refractivity contribution is 5.79. The monoisotopic (exact) mass is 349 g/mol. The van der Waals surface area contributed by atoms with Gasteiger partial charge in [0.25, 0.3) is 11.5 Å². The molecule has 1 unspecified atom stereocenters. The van der Waals surface area contributed by atoms with Crippen molar-refractivity contribution in [3.05, 3.63) is 70.0 Å². The van der Waals surface area contributed by atoms with Crippen LogP contribution in [0.3, 0.4) is 0 Å². The second-order valence-corrected chi connectivity index (χ2v) is 6.95. The fourth-order valence-corrected chi connectivity index (χ4v) is 3.62. The van der Waals surface area contributed by atoms with Gasteiger partial charge in [-0.15, -0.1) is 0 Å². The molecule has 26 heavy (non-hydrogen) atoms. The van der Waals surface area contributed by atoms with Gasteiger partial charge in [-0.3, -0.25) is 9.36 Å². The normalized spacial score (nSPS) is 22.1. The van der Waals surface area contributed by atoms with E-state index in [1.165, 1.54) is 4.57 Å². The molecule has 0 bridgehead atoms. The quantitative estimate of drug-likeness (QED) is 0.587. The minimum absolute atomic E-state index is 0.0539. The number of nitrogens with zero attached hydrogens (tertiary/aromatic N) is 3. The van der Waals surface area contributed by atoms with Crippen LogP contribution in [0, 0.1) is 17.3 Å². The number of hydrogen-bond acceptors (Lipinski definition) is 3. The first kappa shape index (κ1) is 15.2. The minimum atomic E-state index is -2.70. The van der Waals surface area contributed by atoms with Crippen molar-refractivity contribution in [1.29, 1.82) is 0 Å². The van der Waals surface area contributed by atoms with Crippen molar-refractivity contribution in [2.24, 2.45) is 5.41 Å². The molecule has 128 valence electrons. The molecule has 5 rings (SSSR count). The Morgan fingerprint density at radius 3 is 2.73 bits per heavy atom. The van der Waals surface area contributed by atoms with Crippen LogP contribution in [-0.4, -0.2) is 20.5 Å². The van der Waals surface area contributed by atoms with Crippen LogP contribution in [0.25, 0.3) is 10.9 Å². The number of aromatic nitrogens is 3. The highest BCUT2D eigenvalue weighted by Gasteiger charge is 2.73. The molecule has 6 heteroatoms. The van der Waals surface area contributed by atoms with E-state index >= 15 is 0 Å². The molecule has 1 aromatic carbocycles. The van der Waals surface area contributed by atoms with E-state index in [1.54, 1.807) is 30.5 Å². The molecule has 2 aromatic heterocycles. The zero-order valence-electron chi connectivity index (χ0n) is 13.7. The first-order valence-electron chi connectivity index (χ1n) is 8.32. The molecule has 1 fully saturated rings. The maximum absolute atomic E-state index is 13.7. The van der Waals surface area contributed by atoms with Crippen molar-refractivity contribution in [1.82, 2.24) is 14.5 Å². The molecule has 4 nitrogen and oxygen atoms in total. The summed E-state index contributed by atoms with van der Waals surface area (Å²) < 4.78 is 28.8. The van der Waals surface area contributed by atoms with Gasteiger partial charge >= 0.3 is 0 Å². The van der Waals surface area contributed by atoms with Gasteiger partial charge in [0.15, 0.2) is 0 Å². The van der Waals surface area contributed by atoms with E-state index in [2.05, 4.69) is 21.8 Å². The fraction of sp³-hybridized carbons (Fsp3) is 0.250. The summed E-state index contributed by atoms with van der Waals surface area (Å²) in [6, 6.07) is 10.6. The van der Waals surface area contributed by atoms with Gasteiger partial charge in [-0.25, -0.2) is 18.7 Å². The van der Waals surface area contributed by atoms with E-state index in [9.17, 15) is 13.6 Å². The highest BCUT2D eigenvalue weighted by Crippen LogP contribution is 2.64. The Hall–Kier alpha value is -3.07. The van der Waals surface area contributed by atoms with Crippen molar-refractivity contribution in [2.75, 3.05) is 0 Å². The zero-order chi connectivity index (χ0) is 17.9. The Balaban J connectivity index is 1.56. The second-order valence-electron chi connectivity index (χ2n) is 6.95. The third-order valence-electron chi connectivity index (χ3n) is 5.20. The van der Waals surface area contributed by atoms with Crippen LogP contribution >= 0.6 is 0 Å². The van der Waals surface area contributed by atoms with Crippen molar-refractivity contribution < 1.29 is 8.78 Å². The van der Waals surface area contributed by atoms with Crippen molar-refractivity contribution in [3.8, 4) is 11.8 Å². The largest absolute Gasteiger partial charge is 0.295 e. The van der Waals surface area contributed by atoms with Crippen molar-refractivity contribution >= 4 is 10.9 Å².